The summed E-state index contributed by atoms with van der Waals surface area (Å²) >= 11 is 0. The lowest BCUT2D eigenvalue weighted by atomic mass is 9.58. The molecule has 0 heterocycles. The van der Waals surface area contributed by atoms with Crippen LogP contribution in [0.15, 0.2) is 18.2 Å². The average Bonchev–Trinajstić information content (AvgIpc) is 2.12. The summed E-state index contributed by atoms with van der Waals surface area (Å²) in [4.78, 5) is 0. The van der Waals surface area contributed by atoms with E-state index < -0.39 is 11.6 Å². The third kappa shape index (κ3) is 1.65. The fourth-order valence-electron chi connectivity index (χ4n) is 2.24. The lowest BCUT2D eigenvalue weighted by Gasteiger charge is -2.49. The van der Waals surface area contributed by atoms with E-state index in [0.29, 0.717) is 12.0 Å². The summed E-state index contributed by atoms with van der Waals surface area (Å²) in [5, 5.41) is 9.56. The molecule has 0 aromatic heterocycles. The van der Waals surface area contributed by atoms with E-state index in [0.717, 1.165) is 6.07 Å². The molecule has 0 saturated heterocycles. The van der Waals surface area contributed by atoms with Gasteiger partial charge in [0.1, 0.15) is 11.6 Å². The van der Waals surface area contributed by atoms with E-state index in [1.807, 2.05) is 13.8 Å². The average molecular weight is 212 g/mol. The largest absolute Gasteiger partial charge is 0.393 e. The van der Waals surface area contributed by atoms with Crippen LogP contribution in [0.2, 0.25) is 0 Å². The van der Waals surface area contributed by atoms with Gasteiger partial charge in [-0.05, 0) is 35.4 Å². The second kappa shape index (κ2) is 3.27. The predicted octanol–water partition coefficient (Wildman–Crippen LogP) is 2.84. The van der Waals surface area contributed by atoms with Gasteiger partial charge in [-0.15, -0.1) is 0 Å². The van der Waals surface area contributed by atoms with Crippen molar-refractivity contribution in [2.24, 2.45) is 5.41 Å². The smallest absolute Gasteiger partial charge is 0.126 e. The van der Waals surface area contributed by atoms with Crippen LogP contribution in [-0.2, 0) is 0 Å². The highest BCUT2D eigenvalue weighted by atomic mass is 19.1. The molecule has 1 aromatic rings. The summed E-state index contributed by atoms with van der Waals surface area (Å²) in [7, 11) is 0. The Hall–Kier alpha value is -0.960. The number of aliphatic hydroxyl groups is 1. The summed E-state index contributed by atoms with van der Waals surface area (Å²) in [6, 6.07) is 3.56. The molecule has 1 N–H and O–H groups in total. The van der Waals surface area contributed by atoms with E-state index in [9.17, 15) is 13.9 Å². The third-order valence-corrected chi connectivity index (χ3v) is 3.50. The second-order valence-electron chi connectivity index (χ2n) is 4.83. The number of hydrogen-bond donors (Lipinski definition) is 1. The van der Waals surface area contributed by atoms with Crippen LogP contribution in [0.4, 0.5) is 8.78 Å². The Morgan fingerprint density at radius 2 is 1.73 bits per heavy atom. The van der Waals surface area contributed by atoms with Gasteiger partial charge in [-0.2, -0.15) is 0 Å². The van der Waals surface area contributed by atoms with Crippen LogP contribution in [0.1, 0.15) is 31.7 Å². The molecule has 1 saturated carbocycles. The molecule has 15 heavy (non-hydrogen) atoms. The zero-order valence-electron chi connectivity index (χ0n) is 8.80. The van der Waals surface area contributed by atoms with E-state index >= 15 is 0 Å². The molecule has 0 spiro atoms. The van der Waals surface area contributed by atoms with Crippen molar-refractivity contribution in [2.75, 3.05) is 0 Å². The Morgan fingerprint density at radius 1 is 1.20 bits per heavy atom. The summed E-state index contributed by atoms with van der Waals surface area (Å²) < 4.78 is 26.0. The molecule has 1 nitrogen and oxygen atoms in total. The minimum absolute atomic E-state index is 0.0395. The molecule has 82 valence electrons. The molecule has 1 aliphatic carbocycles. The number of halogens is 2. The number of hydrogen-bond acceptors (Lipinski definition) is 1. The molecule has 1 fully saturated rings. The van der Waals surface area contributed by atoms with Crippen molar-refractivity contribution in [2.45, 2.75) is 32.3 Å². The molecule has 0 amide bonds. The Bertz CT molecular complexity index is 367. The molecule has 2 atom stereocenters. The van der Waals surface area contributed by atoms with Crippen molar-refractivity contribution in [1.29, 1.82) is 0 Å². The minimum Gasteiger partial charge on any atom is -0.393 e. The summed E-state index contributed by atoms with van der Waals surface area (Å²) in [5.74, 6) is -1.07. The fraction of sp³-hybridized carbons (Fsp3) is 0.500. The van der Waals surface area contributed by atoms with Crippen LogP contribution < -0.4 is 0 Å². The highest BCUT2D eigenvalue weighted by Gasteiger charge is 2.47. The second-order valence-corrected chi connectivity index (χ2v) is 4.83. The fourth-order valence-corrected chi connectivity index (χ4v) is 2.24. The van der Waals surface area contributed by atoms with Gasteiger partial charge in [-0.25, -0.2) is 8.78 Å². The van der Waals surface area contributed by atoms with Crippen LogP contribution in [0, 0.1) is 17.0 Å². The van der Waals surface area contributed by atoms with Crippen LogP contribution >= 0.6 is 0 Å². The quantitative estimate of drug-likeness (QED) is 0.759. The van der Waals surface area contributed by atoms with Gasteiger partial charge in [0.25, 0.3) is 0 Å². The van der Waals surface area contributed by atoms with Gasteiger partial charge in [0, 0.05) is 6.07 Å². The normalized spacial score (nSPS) is 28.6. The topological polar surface area (TPSA) is 20.2 Å². The molecule has 1 aliphatic rings. The van der Waals surface area contributed by atoms with Crippen LogP contribution in [-0.4, -0.2) is 11.2 Å². The Labute approximate surface area is 87.7 Å². The van der Waals surface area contributed by atoms with E-state index in [-0.39, 0.29) is 17.4 Å². The van der Waals surface area contributed by atoms with Crippen molar-refractivity contribution in [3.63, 3.8) is 0 Å². The monoisotopic (exact) mass is 212 g/mol. The van der Waals surface area contributed by atoms with E-state index in [2.05, 4.69) is 0 Å². The predicted molar refractivity (Wildman–Crippen MR) is 53.5 cm³/mol. The van der Waals surface area contributed by atoms with Gasteiger partial charge in [0.2, 0.25) is 0 Å². The number of benzene rings is 1. The Morgan fingerprint density at radius 3 is 2.13 bits per heavy atom. The Kier molecular flexibility index (Phi) is 2.30. The van der Waals surface area contributed by atoms with Gasteiger partial charge in [0.05, 0.1) is 6.10 Å². The lowest BCUT2D eigenvalue weighted by molar-refractivity contribution is -0.0627. The number of aliphatic hydroxyl groups excluding tert-OH is 1. The van der Waals surface area contributed by atoms with Gasteiger partial charge in [-0.3, -0.25) is 0 Å². The first kappa shape index (κ1) is 10.6. The SMILES string of the molecule is CC1(C)C(O)CC1c1cc(F)cc(F)c1. The van der Waals surface area contributed by atoms with Crippen molar-refractivity contribution >= 4 is 0 Å². The van der Waals surface area contributed by atoms with E-state index in [1.54, 1.807) is 0 Å². The van der Waals surface area contributed by atoms with Gasteiger partial charge >= 0.3 is 0 Å². The van der Waals surface area contributed by atoms with Crippen LogP contribution in [0.25, 0.3) is 0 Å². The minimum atomic E-state index is -0.554. The standard InChI is InChI=1S/C12H14F2O/c1-12(2)10(6-11(12)15)7-3-8(13)5-9(14)4-7/h3-5,10-11,15H,6H2,1-2H3. The van der Waals surface area contributed by atoms with Gasteiger partial charge in [-0.1, -0.05) is 13.8 Å². The maximum Gasteiger partial charge on any atom is 0.126 e. The van der Waals surface area contributed by atoms with Crippen molar-refractivity contribution in [3.8, 4) is 0 Å². The zero-order chi connectivity index (χ0) is 11.2. The molecule has 0 bridgehead atoms. The molecule has 2 rings (SSSR count). The van der Waals surface area contributed by atoms with Crippen molar-refractivity contribution in [3.05, 3.63) is 35.4 Å². The van der Waals surface area contributed by atoms with Crippen LogP contribution in [0.3, 0.4) is 0 Å². The lowest BCUT2D eigenvalue weighted by Crippen LogP contribution is -2.47. The molecule has 3 heteroatoms. The van der Waals surface area contributed by atoms with Gasteiger partial charge < -0.3 is 5.11 Å². The highest BCUT2D eigenvalue weighted by Crippen LogP contribution is 2.52. The molecule has 0 aliphatic heterocycles. The molecule has 0 radical (unpaired) electrons. The highest BCUT2D eigenvalue weighted by molar-refractivity contribution is 5.27. The van der Waals surface area contributed by atoms with Crippen molar-refractivity contribution in [1.82, 2.24) is 0 Å². The molecular weight excluding hydrogens is 198 g/mol. The Balaban J connectivity index is 2.32. The number of rotatable bonds is 1. The summed E-state index contributed by atoms with van der Waals surface area (Å²) in [6.07, 6.45) is 0.199. The summed E-state index contributed by atoms with van der Waals surface area (Å²) in [6.45, 7) is 3.82. The van der Waals surface area contributed by atoms with Gasteiger partial charge in [0.15, 0.2) is 0 Å². The zero-order valence-corrected chi connectivity index (χ0v) is 8.80. The maximum absolute atomic E-state index is 13.0. The first-order chi connectivity index (χ1) is 6.91. The molecule has 1 aromatic carbocycles. The van der Waals surface area contributed by atoms with E-state index in [4.69, 9.17) is 0 Å². The molecular formula is C12H14F2O. The first-order valence-corrected chi connectivity index (χ1v) is 5.05. The first-order valence-electron chi connectivity index (χ1n) is 5.05. The van der Waals surface area contributed by atoms with E-state index in [1.165, 1.54) is 12.1 Å². The third-order valence-electron chi connectivity index (χ3n) is 3.50. The summed E-state index contributed by atoms with van der Waals surface area (Å²) in [5.41, 5.74) is 0.350. The molecule has 2 unspecified atom stereocenters. The van der Waals surface area contributed by atoms with Crippen LogP contribution in [0.5, 0.6) is 0 Å². The van der Waals surface area contributed by atoms with Crippen molar-refractivity contribution < 1.29 is 13.9 Å². The maximum atomic E-state index is 13.0.